The molecular formula is C29H31FN6O3. The first kappa shape index (κ1) is 26.3. The standard InChI is InChI=1S/C29H31FN6O3/c30-24-6-1-4-21(18-24)28(38)35-13-3-12-34(16-17-35)26-8-7-22(29(39)36-14-10-31-11-15-36)19-25(26)33-27(37)23-5-2-9-32-20-23/h1-2,4-9,18-20,31H,3,10-17H2,(H,33,37). The first-order chi connectivity index (χ1) is 19.0. The fourth-order valence-electron chi connectivity index (χ4n) is 4.95. The van der Waals surface area contributed by atoms with E-state index in [1.165, 1.54) is 24.4 Å². The summed E-state index contributed by atoms with van der Waals surface area (Å²) in [5, 5.41) is 6.23. The van der Waals surface area contributed by atoms with Crippen LogP contribution in [-0.4, -0.2) is 84.9 Å². The van der Waals surface area contributed by atoms with E-state index in [1.54, 1.807) is 46.3 Å². The number of anilines is 2. The molecule has 0 atom stereocenters. The minimum absolute atomic E-state index is 0.0809. The Labute approximate surface area is 226 Å². The molecule has 202 valence electrons. The van der Waals surface area contributed by atoms with Gasteiger partial charge in [-0.15, -0.1) is 0 Å². The maximum Gasteiger partial charge on any atom is 0.257 e. The van der Waals surface area contributed by atoms with E-state index >= 15 is 0 Å². The Bertz CT molecular complexity index is 1350. The van der Waals surface area contributed by atoms with Crippen LogP contribution in [0.2, 0.25) is 0 Å². The van der Waals surface area contributed by atoms with E-state index in [9.17, 15) is 18.8 Å². The molecule has 39 heavy (non-hydrogen) atoms. The molecule has 2 aliphatic heterocycles. The highest BCUT2D eigenvalue weighted by molar-refractivity contribution is 6.07. The highest BCUT2D eigenvalue weighted by atomic mass is 19.1. The van der Waals surface area contributed by atoms with Crippen molar-refractivity contribution in [3.8, 4) is 0 Å². The van der Waals surface area contributed by atoms with Crippen LogP contribution in [0.5, 0.6) is 0 Å². The fraction of sp³-hybridized carbons (Fsp3) is 0.310. The normalized spacial score (nSPS) is 16.0. The Kier molecular flexibility index (Phi) is 8.12. The molecule has 0 bridgehead atoms. The van der Waals surface area contributed by atoms with E-state index in [4.69, 9.17) is 0 Å². The van der Waals surface area contributed by atoms with E-state index < -0.39 is 5.82 Å². The maximum absolute atomic E-state index is 13.7. The number of piperazine rings is 1. The highest BCUT2D eigenvalue weighted by Gasteiger charge is 2.25. The topological polar surface area (TPSA) is 97.9 Å². The Morgan fingerprint density at radius 3 is 2.28 bits per heavy atom. The molecule has 2 aliphatic rings. The summed E-state index contributed by atoms with van der Waals surface area (Å²) >= 11 is 0. The number of benzene rings is 2. The molecule has 1 aromatic heterocycles. The van der Waals surface area contributed by atoms with Crippen LogP contribution in [0.1, 0.15) is 37.5 Å². The van der Waals surface area contributed by atoms with Crippen molar-refractivity contribution in [1.29, 1.82) is 0 Å². The van der Waals surface area contributed by atoms with Crippen molar-refractivity contribution in [2.45, 2.75) is 6.42 Å². The molecule has 10 heteroatoms. The van der Waals surface area contributed by atoms with E-state index in [0.29, 0.717) is 68.1 Å². The molecular weight excluding hydrogens is 499 g/mol. The van der Waals surface area contributed by atoms with E-state index in [0.717, 1.165) is 18.8 Å². The maximum atomic E-state index is 13.7. The van der Waals surface area contributed by atoms with Crippen LogP contribution < -0.4 is 15.5 Å². The Hall–Kier alpha value is -4.31. The SMILES string of the molecule is O=C(Nc1cc(C(=O)N2CCNCC2)ccc1N1CCCN(C(=O)c2cccc(F)c2)CC1)c1cccnc1. The zero-order valence-electron chi connectivity index (χ0n) is 21.6. The van der Waals surface area contributed by atoms with Gasteiger partial charge in [0.15, 0.2) is 0 Å². The van der Waals surface area contributed by atoms with E-state index in [2.05, 4.69) is 20.5 Å². The molecule has 3 heterocycles. The summed E-state index contributed by atoms with van der Waals surface area (Å²) in [5.74, 6) is -1.06. The van der Waals surface area contributed by atoms with Crippen LogP contribution in [0.15, 0.2) is 67.0 Å². The van der Waals surface area contributed by atoms with Crippen LogP contribution in [0, 0.1) is 5.82 Å². The molecule has 3 aromatic rings. The molecule has 0 radical (unpaired) electrons. The summed E-state index contributed by atoms with van der Waals surface area (Å²) < 4.78 is 13.7. The minimum atomic E-state index is -0.443. The number of carbonyl (C=O) groups excluding carboxylic acids is 3. The number of carbonyl (C=O) groups is 3. The molecule has 2 N–H and O–H groups in total. The summed E-state index contributed by atoms with van der Waals surface area (Å²) in [7, 11) is 0. The van der Waals surface area contributed by atoms with Gasteiger partial charge in [-0.2, -0.15) is 0 Å². The second-order valence-electron chi connectivity index (χ2n) is 9.61. The van der Waals surface area contributed by atoms with Gasteiger partial charge in [-0.1, -0.05) is 6.07 Å². The predicted octanol–water partition coefficient (Wildman–Crippen LogP) is 2.87. The first-order valence-corrected chi connectivity index (χ1v) is 13.1. The number of pyridine rings is 1. The second kappa shape index (κ2) is 12.0. The van der Waals surface area contributed by atoms with Crippen molar-refractivity contribution in [2.24, 2.45) is 0 Å². The zero-order valence-corrected chi connectivity index (χ0v) is 21.6. The fourth-order valence-corrected chi connectivity index (χ4v) is 4.95. The Morgan fingerprint density at radius 2 is 1.54 bits per heavy atom. The molecule has 0 unspecified atom stereocenters. The van der Waals surface area contributed by atoms with Gasteiger partial charge in [-0.25, -0.2) is 4.39 Å². The third kappa shape index (κ3) is 6.23. The number of halogens is 1. The van der Waals surface area contributed by atoms with Gasteiger partial charge in [0.25, 0.3) is 17.7 Å². The molecule has 3 amide bonds. The lowest BCUT2D eigenvalue weighted by Crippen LogP contribution is -2.46. The van der Waals surface area contributed by atoms with Crippen molar-refractivity contribution in [3.05, 3.63) is 89.5 Å². The molecule has 9 nitrogen and oxygen atoms in total. The molecule has 0 spiro atoms. The summed E-state index contributed by atoms with van der Waals surface area (Å²) in [5.41, 5.74) is 2.52. The van der Waals surface area contributed by atoms with Crippen LogP contribution in [-0.2, 0) is 0 Å². The largest absolute Gasteiger partial charge is 0.368 e. The molecule has 0 aliphatic carbocycles. The van der Waals surface area contributed by atoms with Crippen LogP contribution in [0.3, 0.4) is 0 Å². The average Bonchev–Trinajstić information content (AvgIpc) is 3.23. The lowest BCUT2D eigenvalue weighted by atomic mass is 10.1. The number of rotatable bonds is 5. The highest BCUT2D eigenvalue weighted by Crippen LogP contribution is 2.30. The van der Waals surface area contributed by atoms with Gasteiger partial charge in [-0.05, 0) is 55.0 Å². The van der Waals surface area contributed by atoms with E-state index in [-0.39, 0.29) is 17.7 Å². The number of hydrogen-bond donors (Lipinski definition) is 2. The summed E-state index contributed by atoms with van der Waals surface area (Å²) in [6.45, 7) is 4.86. The number of amides is 3. The van der Waals surface area contributed by atoms with Crippen molar-refractivity contribution >= 4 is 29.1 Å². The number of aromatic nitrogens is 1. The molecule has 2 saturated heterocycles. The Balaban J connectivity index is 1.38. The second-order valence-corrected chi connectivity index (χ2v) is 9.61. The zero-order chi connectivity index (χ0) is 27.2. The Morgan fingerprint density at radius 1 is 0.795 bits per heavy atom. The van der Waals surface area contributed by atoms with Gasteiger partial charge in [0.2, 0.25) is 0 Å². The summed E-state index contributed by atoms with van der Waals surface area (Å²) in [4.78, 5) is 49.0. The average molecular weight is 531 g/mol. The number of nitrogens with zero attached hydrogens (tertiary/aromatic N) is 4. The lowest BCUT2D eigenvalue weighted by Gasteiger charge is -2.29. The van der Waals surface area contributed by atoms with Crippen LogP contribution >= 0.6 is 0 Å². The van der Waals surface area contributed by atoms with Crippen LogP contribution in [0.25, 0.3) is 0 Å². The number of nitrogens with one attached hydrogen (secondary N) is 2. The van der Waals surface area contributed by atoms with Crippen molar-refractivity contribution in [3.63, 3.8) is 0 Å². The van der Waals surface area contributed by atoms with Gasteiger partial charge < -0.3 is 25.3 Å². The molecule has 0 saturated carbocycles. The van der Waals surface area contributed by atoms with Gasteiger partial charge >= 0.3 is 0 Å². The minimum Gasteiger partial charge on any atom is -0.368 e. The molecule has 2 aromatic carbocycles. The van der Waals surface area contributed by atoms with Crippen molar-refractivity contribution < 1.29 is 18.8 Å². The van der Waals surface area contributed by atoms with E-state index in [1.807, 2.05) is 6.07 Å². The molecule has 5 rings (SSSR count). The lowest BCUT2D eigenvalue weighted by molar-refractivity contribution is 0.0734. The predicted molar refractivity (Wildman–Crippen MR) is 147 cm³/mol. The van der Waals surface area contributed by atoms with Gasteiger partial charge in [0.05, 0.1) is 16.9 Å². The van der Waals surface area contributed by atoms with Gasteiger partial charge in [0.1, 0.15) is 5.82 Å². The van der Waals surface area contributed by atoms with Gasteiger partial charge in [-0.3, -0.25) is 19.4 Å². The number of hydrogen-bond acceptors (Lipinski definition) is 6. The van der Waals surface area contributed by atoms with Gasteiger partial charge in [0, 0.05) is 75.9 Å². The van der Waals surface area contributed by atoms with Crippen molar-refractivity contribution in [1.82, 2.24) is 20.1 Å². The van der Waals surface area contributed by atoms with Crippen molar-refractivity contribution in [2.75, 3.05) is 62.6 Å². The third-order valence-corrected chi connectivity index (χ3v) is 7.02. The molecule has 2 fully saturated rings. The smallest absolute Gasteiger partial charge is 0.257 e. The summed E-state index contributed by atoms with van der Waals surface area (Å²) in [6.07, 6.45) is 3.79. The first-order valence-electron chi connectivity index (χ1n) is 13.1. The monoisotopic (exact) mass is 530 g/mol. The quantitative estimate of drug-likeness (QED) is 0.527. The summed E-state index contributed by atoms with van der Waals surface area (Å²) in [6, 6.07) is 14.5. The third-order valence-electron chi connectivity index (χ3n) is 7.02. The van der Waals surface area contributed by atoms with Crippen LogP contribution in [0.4, 0.5) is 15.8 Å².